The summed E-state index contributed by atoms with van der Waals surface area (Å²) in [5.74, 6) is -1.24. The van der Waals surface area contributed by atoms with E-state index in [4.69, 9.17) is 10.5 Å². The normalized spacial score (nSPS) is 10.5. The van der Waals surface area contributed by atoms with Gasteiger partial charge in [0.1, 0.15) is 17.9 Å². The number of halogens is 1. The number of methoxy groups -OCH3 is 1. The van der Waals surface area contributed by atoms with Crippen LogP contribution in [0.3, 0.4) is 0 Å². The van der Waals surface area contributed by atoms with Crippen LogP contribution in [0.5, 0.6) is 5.75 Å². The molecular formula is C18H16FN5O3S. The molecule has 2 aromatic carbocycles. The number of benzene rings is 2. The molecule has 0 unspecified atom stereocenters. The number of anilines is 1. The Labute approximate surface area is 163 Å². The first-order valence-electron chi connectivity index (χ1n) is 8.04. The van der Waals surface area contributed by atoms with Gasteiger partial charge in [-0.05, 0) is 42.5 Å². The summed E-state index contributed by atoms with van der Waals surface area (Å²) in [6, 6.07) is 10.9. The fourth-order valence-corrected chi connectivity index (χ4v) is 3.09. The van der Waals surface area contributed by atoms with Crippen LogP contribution in [0.15, 0.2) is 53.9 Å². The minimum Gasteiger partial charge on any atom is -0.497 e. The third kappa shape index (κ3) is 4.46. The van der Waals surface area contributed by atoms with E-state index in [0.29, 0.717) is 5.16 Å². The van der Waals surface area contributed by atoms with Crippen LogP contribution >= 0.6 is 11.8 Å². The summed E-state index contributed by atoms with van der Waals surface area (Å²) in [6.07, 6.45) is 1.54. The molecule has 3 aromatic rings. The van der Waals surface area contributed by atoms with Crippen LogP contribution in [0.2, 0.25) is 0 Å². The van der Waals surface area contributed by atoms with Crippen molar-refractivity contribution in [2.24, 2.45) is 5.73 Å². The van der Waals surface area contributed by atoms with Crippen molar-refractivity contribution in [3.8, 4) is 11.4 Å². The number of carbonyl (C=O) groups is 2. The zero-order valence-corrected chi connectivity index (χ0v) is 15.6. The molecule has 28 heavy (non-hydrogen) atoms. The summed E-state index contributed by atoms with van der Waals surface area (Å²) in [5.41, 5.74) is 5.91. The van der Waals surface area contributed by atoms with Crippen molar-refractivity contribution in [1.82, 2.24) is 14.8 Å². The smallest absolute Gasteiger partial charge is 0.251 e. The van der Waals surface area contributed by atoms with Gasteiger partial charge in [0.15, 0.2) is 5.16 Å². The number of thioether (sulfide) groups is 1. The molecule has 8 nitrogen and oxygen atoms in total. The number of nitrogens with zero attached hydrogens (tertiary/aromatic N) is 3. The molecule has 0 saturated carbocycles. The number of aromatic nitrogens is 3. The zero-order valence-electron chi connectivity index (χ0n) is 14.8. The third-order valence-corrected chi connectivity index (χ3v) is 4.66. The maximum atomic E-state index is 13.5. The fourth-order valence-electron chi connectivity index (χ4n) is 2.36. The van der Waals surface area contributed by atoms with Gasteiger partial charge in [-0.25, -0.2) is 4.39 Å². The summed E-state index contributed by atoms with van der Waals surface area (Å²) in [5, 5.41) is 11.0. The quantitative estimate of drug-likeness (QED) is 0.587. The van der Waals surface area contributed by atoms with E-state index in [2.05, 4.69) is 15.5 Å². The van der Waals surface area contributed by atoms with Gasteiger partial charge in [0, 0.05) is 11.4 Å². The Balaban J connectivity index is 1.65. The van der Waals surface area contributed by atoms with Gasteiger partial charge < -0.3 is 15.8 Å². The number of ether oxygens (including phenoxy) is 1. The molecule has 0 spiro atoms. The molecule has 3 N–H and O–H groups in total. The minimum absolute atomic E-state index is 0.0398. The minimum atomic E-state index is -0.907. The standard InChI is InChI=1S/C18H16FN5O3S/c1-27-13-5-3-12(4-6-13)24-10-21-23-18(24)28-9-16(25)22-11-2-7-15(19)14(8-11)17(20)26/h2-8,10H,9H2,1H3,(H2,20,26)(H,22,25). The van der Waals surface area contributed by atoms with Crippen LogP contribution < -0.4 is 15.8 Å². The SMILES string of the molecule is COc1ccc(-n2cnnc2SCC(=O)Nc2ccc(F)c(C(N)=O)c2)cc1. The monoisotopic (exact) mass is 401 g/mol. The Kier molecular flexibility index (Phi) is 5.90. The molecule has 1 aromatic heterocycles. The highest BCUT2D eigenvalue weighted by molar-refractivity contribution is 7.99. The number of nitrogens with two attached hydrogens (primary N) is 1. The molecule has 0 aliphatic heterocycles. The van der Waals surface area contributed by atoms with Crippen LogP contribution in [0, 0.1) is 5.82 Å². The summed E-state index contributed by atoms with van der Waals surface area (Å²) in [6.45, 7) is 0. The van der Waals surface area contributed by atoms with Gasteiger partial charge in [-0.1, -0.05) is 11.8 Å². The fraction of sp³-hybridized carbons (Fsp3) is 0.111. The summed E-state index contributed by atoms with van der Waals surface area (Å²) >= 11 is 1.18. The average molecular weight is 401 g/mol. The lowest BCUT2D eigenvalue weighted by Crippen LogP contribution is -2.17. The van der Waals surface area contributed by atoms with Crippen LogP contribution in [0.1, 0.15) is 10.4 Å². The number of hydrogen-bond acceptors (Lipinski definition) is 6. The molecule has 0 atom stereocenters. The van der Waals surface area contributed by atoms with Gasteiger partial charge in [0.25, 0.3) is 5.91 Å². The van der Waals surface area contributed by atoms with E-state index in [-0.39, 0.29) is 22.9 Å². The number of primary amides is 1. The molecule has 10 heteroatoms. The molecule has 0 aliphatic carbocycles. The molecule has 0 saturated heterocycles. The van der Waals surface area contributed by atoms with Crippen LogP contribution in [0.4, 0.5) is 10.1 Å². The van der Waals surface area contributed by atoms with Gasteiger partial charge in [0.05, 0.1) is 18.4 Å². The van der Waals surface area contributed by atoms with E-state index in [1.807, 2.05) is 12.1 Å². The maximum absolute atomic E-state index is 13.5. The number of rotatable bonds is 7. The van der Waals surface area contributed by atoms with E-state index in [1.165, 1.54) is 23.9 Å². The van der Waals surface area contributed by atoms with Crippen molar-refractivity contribution in [2.75, 3.05) is 18.2 Å². The molecule has 2 amide bonds. The molecule has 1 heterocycles. The van der Waals surface area contributed by atoms with Crippen molar-refractivity contribution in [3.05, 3.63) is 60.2 Å². The topological polar surface area (TPSA) is 112 Å². The molecule has 3 rings (SSSR count). The van der Waals surface area contributed by atoms with Crippen molar-refractivity contribution in [3.63, 3.8) is 0 Å². The first-order valence-corrected chi connectivity index (χ1v) is 9.03. The molecule has 0 radical (unpaired) electrons. The number of hydrogen-bond donors (Lipinski definition) is 2. The average Bonchev–Trinajstić information content (AvgIpc) is 3.16. The predicted octanol–water partition coefficient (Wildman–Crippen LogP) is 2.24. The Morgan fingerprint density at radius 3 is 2.68 bits per heavy atom. The Bertz CT molecular complexity index is 1010. The molecule has 144 valence electrons. The van der Waals surface area contributed by atoms with Gasteiger partial charge in [-0.15, -0.1) is 10.2 Å². The van der Waals surface area contributed by atoms with E-state index >= 15 is 0 Å². The van der Waals surface area contributed by atoms with E-state index in [1.54, 1.807) is 30.1 Å². The molecule has 0 aliphatic rings. The number of nitrogens with one attached hydrogen (secondary N) is 1. The lowest BCUT2D eigenvalue weighted by Gasteiger charge is -2.08. The second-order valence-corrected chi connectivity index (χ2v) is 6.52. The Hall–Kier alpha value is -3.40. The lowest BCUT2D eigenvalue weighted by molar-refractivity contribution is -0.113. The highest BCUT2D eigenvalue weighted by Gasteiger charge is 2.13. The highest BCUT2D eigenvalue weighted by atomic mass is 32.2. The van der Waals surface area contributed by atoms with Gasteiger partial charge in [-0.3, -0.25) is 14.2 Å². The van der Waals surface area contributed by atoms with Crippen LogP contribution in [0.25, 0.3) is 5.69 Å². The second kappa shape index (κ2) is 8.53. The van der Waals surface area contributed by atoms with Crippen molar-refractivity contribution in [2.45, 2.75) is 5.16 Å². The van der Waals surface area contributed by atoms with Crippen molar-refractivity contribution >= 4 is 29.3 Å². The van der Waals surface area contributed by atoms with Gasteiger partial charge in [-0.2, -0.15) is 0 Å². The maximum Gasteiger partial charge on any atom is 0.251 e. The van der Waals surface area contributed by atoms with E-state index < -0.39 is 11.7 Å². The Morgan fingerprint density at radius 1 is 1.25 bits per heavy atom. The van der Waals surface area contributed by atoms with Crippen LogP contribution in [-0.4, -0.2) is 39.4 Å². The zero-order chi connectivity index (χ0) is 20.1. The van der Waals surface area contributed by atoms with Crippen LogP contribution in [-0.2, 0) is 4.79 Å². The van der Waals surface area contributed by atoms with Gasteiger partial charge in [0.2, 0.25) is 5.91 Å². The summed E-state index contributed by atoms with van der Waals surface area (Å²) in [7, 11) is 1.58. The molecular weight excluding hydrogens is 385 g/mol. The third-order valence-electron chi connectivity index (χ3n) is 3.72. The summed E-state index contributed by atoms with van der Waals surface area (Å²) in [4.78, 5) is 23.4. The van der Waals surface area contributed by atoms with Crippen molar-refractivity contribution in [1.29, 1.82) is 0 Å². The van der Waals surface area contributed by atoms with E-state index in [0.717, 1.165) is 17.5 Å². The Morgan fingerprint density at radius 2 is 2.00 bits per heavy atom. The first kappa shape index (κ1) is 19.4. The molecule has 0 bridgehead atoms. The highest BCUT2D eigenvalue weighted by Crippen LogP contribution is 2.22. The largest absolute Gasteiger partial charge is 0.497 e. The second-order valence-electron chi connectivity index (χ2n) is 5.58. The van der Waals surface area contributed by atoms with Gasteiger partial charge >= 0.3 is 0 Å². The molecule has 0 fully saturated rings. The van der Waals surface area contributed by atoms with Crippen molar-refractivity contribution < 1.29 is 18.7 Å². The summed E-state index contributed by atoms with van der Waals surface area (Å²) < 4.78 is 20.4. The van der Waals surface area contributed by atoms with E-state index in [9.17, 15) is 14.0 Å². The lowest BCUT2D eigenvalue weighted by atomic mass is 10.2. The number of carbonyl (C=O) groups excluding carboxylic acids is 2. The number of amides is 2. The predicted molar refractivity (Wildman–Crippen MR) is 102 cm³/mol. The first-order chi connectivity index (χ1) is 13.5.